The zero-order valence-electron chi connectivity index (χ0n) is 12.4. The quantitative estimate of drug-likeness (QED) is 0.734. The van der Waals surface area contributed by atoms with E-state index < -0.39 is 11.5 Å². The maximum atomic E-state index is 12.0. The molecule has 0 aromatic rings. The van der Waals surface area contributed by atoms with Gasteiger partial charge in [-0.1, -0.05) is 33.6 Å². The molecule has 0 aliphatic heterocycles. The summed E-state index contributed by atoms with van der Waals surface area (Å²) in [5.41, 5.74) is -1.13. The van der Waals surface area contributed by atoms with E-state index in [1.54, 1.807) is 6.92 Å². The van der Waals surface area contributed by atoms with Crippen LogP contribution >= 0.6 is 0 Å². The number of carboxylic acid groups (broad SMARTS) is 1. The van der Waals surface area contributed by atoms with E-state index in [-0.39, 0.29) is 17.5 Å². The first kappa shape index (κ1) is 15.8. The molecule has 1 aliphatic rings. The van der Waals surface area contributed by atoms with Crippen LogP contribution in [0.4, 0.5) is 4.79 Å². The molecule has 2 unspecified atom stereocenters. The molecule has 0 heterocycles. The van der Waals surface area contributed by atoms with Crippen molar-refractivity contribution in [2.45, 2.75) is 71.4 Å². The maximum Gasteiger partial charge on any atom is 0.329 e. The Hall–Kier alpha value is -1.26. The van der Waals surface area contributed by atoms with Crippen LogP contribution in [0, 0.1) is 5.41 Å². The van der Waals surface area contributed by atoms with Gasteiger partial charge in [-0.15, -0.1) is 0 Å². The summed E-state index contributed by atoms with van der Waals surface area (Å²) in [5.74, 6) is -1.01. The number of aliphatic carboxylic acids is 1. The minimum Gasteiger partial charge on any atom is -0.480 e. The second kappa shape index (κ2) is 5.80. The highest BCUT2D eigenvalue weighted by Crippen LogP contribution is 2.35. The first-order valence-electron chi connectivity index (χ1n) is 7.03. The summed E-state index contributed by atoms with van der Waals surface area (Å²) in [4.78, 5) is 23.2. The van der Waals surface area contributed by atoms with E-state index in [9.17, 15) is 9.59 Å². The monoisotopic (exact) mass is 270 g/mol. The van der Waals surface area contributed by atoms with Crippen molar-refractivity contribution in [3.63, 3.8) is 0 Å². The smallest absolute Gasteiger partial charge is 0.329 e. The van der Waals surface area contributed by atoms with Crippen LogP contribution in [0.3, 0.4) is 0 Å². The molecule has 5 heteroatoms. The number of hydrogen-bond acceptors (Lipinski definition) is 2. The van der Waals surface area contributed by atoms with E-state index >= 15 is 0 Å². The Morgan fingerprint density at radius 2 is 2.00 bits per heavy atom. The van der Waals surface area contributed by atoms with Crippen molar-refractivity contribution in [2.24, 2.45) is 5.41 Å². The van der Waals surface area contributed by atoms with Gasteiger partial charge in [0.1, 0.15) is 5.54 Å². The molecule has 0 bridgehead atoms. The van der Waals surface area contributed by atoms with E-state index in [1.807, 2.05) is 0 Å². The van der Waals surface area contributed by atoms with Gasteiger partial charge in [0.2, 0.25) is 0 Å². The molecular formula is C14H26N2O3. The van der Waals surface area contributed by atoms with E-state index in [0.29, 0.717) is 6.42 Å². The first-order valence-corrected chi connectivity index (χ1v) is 7.03. The molecule has 0 radical (unpaired) electrons. The van der Waals surface area contributed by atoms with Crippen LogP contribution in [0.15, 0.2) is 0 Å². The van der Waals surface area contributed by atoms with Gasteiger partial charge in [0, 0.05) is 6.04 Å². The predicted octanol–water partition coefficient (Wildman–Crippen LogP) is 2.51. The highest BCUT2D eigenvalue weighted by Gasteiger charge is 2.36. The van der Waals surface area contributed by atoms with Gasteiger partial charge in [-0.2, -0.15) is 0 Å². The summed E-state index contributed by atoms with van der Waals surface area (Å²) < 4.78 is 0. The second-order valence-electron chi connectivity index (χ2n) is 6.38. The van der Waals surface area contributed by atoms with Crippen molar-refractivity contribution in [3.8, 4) is 0 Å². The molecule has 19 heavy (non-hydrogen) atoms. The Kier molecular flexibility index (Phi) is 4.82. The molecule has 1 saturated carbocycles. The lowest BCUT2D eigenvalue weighted by Crippen LogP contribution is -2.58. The van der Waals surface area contributed by atoms with Gasteiger partial charge in [-0.25, -0.2) is 9.59 Å². The Labute approximate surface area is 115 Å². The number of rotatable bonds is 4. The fraction of sp³-hybridized carbons (Fsp3) is 0.857. The largest absolute Gasteiger partial charge is 0.480 e. The molecule has 0 saturated heterocycles. The van der Waals surface area contributed by atoms with Gasteiger partial charge in [0.15, 0.2) is 0 Å². The van der Waals surface area contributed by atoms with Gasteiger partial charge in [0.05, 0.1) is 0 Å². The number of urea groups is 1. The van der Waals surface area contributed by atoms with Gasteiger partial charge in [0.25, 0.3) is 0 Å². The Morgan fingerprint density at radius 3 is 2.47 bits per heavy atom. The normalized spacial score (nSPS) is 25.2. The molecule has 2 atom stereocenters. The molecule has 3 N–H and O–H groups in total. The third kappa shape index (κ3) is 3.85. The van der Waals surface area contributed by atoms with Crippen LogP contribution in [0.1, 0.15) is 59.8 Å². The molecule has 2 amide bonds. The molecule has 5 nitrogen and oxygen atoms in total. The predicted molar refractivity (Wildman–Crippen MR) is 74.0 cm³/mol. The molecule has 1 aliphatic carbocycles. The Bertz CT molecular complexity index is 355. The van der Waals surface area contributed by atoms with E-state index in [4.69, 9.17) is 5.11 Å². The van der Waals surface area contributed by atoms with E-state index in [2.05, 4.69) is 24.5 Å². The third-order valence-corrected chi connectivity index (χ3v) is 4.38. The van der Waals surface area contributed by atoms with Gasteiger partial charge >= 0.3 is 12.0 Å². The molecule has 0 aromatic heterocycles. The van der Waals surface area contributed by atoms with Gasteiger partial charge < -0.3 is 15.7 Å². The highest BCUT2D eigenvalue weighted by molar-refractivity contribution is 5.85. The summed E-state index contributed by atoms with van der Waals surface area (Å²) in [6.45, 7) is 7.57. The summed E-state index contributed by atoms with van der Waals surface area (Å²) in [5, 5.41) is 14.7. The van der Waals surface area contributed by atoms with Crippen molar-refractivity contribution >= 4 is 12.0 Å². The summed E-state index contributed by atoms with van der Waals surface area (Å²) in [6.07, 6.45) is 4.69. The fourth-order valence-electron chi connectivity index (χ4n) is 2.50. The second-order valence-corrected chi connectivity index (χ2v) is 6.38. The van der Waals surface area contributed by atoms with Crippen LogP contribution in [-0.2, 0) is 4.79 Å². The lowest BCUT2D eigenvalue weighted by Gasteiger charge is -2.39. The number of hydrogen-bond donors (Lipinski definition) is 3. The maximum absolute atomic E-state index is 12.0. The van der Waals surface area contributed by atoms with Crippen molar-refractivity contribution in [1.82, 2.24) is 10.6 Å². The van der Waals surface area contributed by atoms with Crippen LogP contribution < -0.4 is 10.6 Å². The summed E-state index contributed by atoms with van der Waals surface area (Å²) in [6, 6.07) is -0.275. The number of carbonyl (C=O) groups excluding carboxylic acids is 1. The minimum atomic E-state index is -1.21. The molecular weight excluding hydrogens is 244 g/mol. The SMILES string of the molecule is CCC(C)(NC(=O)NC1CCCCC1(C)C)C(=O)O. The van der Waals surface area contributed by atoms with Crippen LogP contribution in [-0.4, -0.2) is 28.7 Å². The number of nitrogens with one attached hydrogen (secondary N) is 2. The van der Waals surface area contributed by atoms with E-state index in [0.717, 1.165) is 19.3 Å². The summed E-state index contributed by atoms with van der Waals surface area (Å²) >= 11 is 0. The van der Waals surface area contributed by atoms with E-state index in [1.165, 1.54) is 13.3 Å². The zero-order valence-corrected chi connectivity index (χ0v) is 12.4. The third-order valence-electron chi connectivity index (χ3n) is 4.38. The van der Waals surface area contributed by atoms with Crippen LogP contribution in [0.2, 0.25) is 0 Å². The van der Waals surface area contributed by atoms with Crippen LogP contribution in [0.5, 0.6) is 0 Å². The van der Waals surface area contributed by atoms with Gasteiger partial charge in [-0.05, 0) is 31.6 Å². The molecule has 110 valence electrons. The standard InChI is InChI=1S/C14H26N2O3/c1-5-14(4,11(17)18)16-12(19)15-10-8-6-7-9-13(10,2)3/h10H,5-9H2,1-4H3,(H,17,18)(H2,15,16,19). The first-order chi connectivity index (χ1) is 8.71. The van der Waals surface area contributed by atoms with Crippen molar-refractivity contribution in [1.29, 1.82) is 0 Å². The number of carboxylic acids is 1. The Balaban J connectivity index is 2.62. The van der Waals surface area contributed by atoms with Gasteiger partial charge in [-0.3, -0.25) is 0 Å². The molecule has 1 rings (SSSR count). The average Bonchev–Trinajstić information content (AvgIpc) is 2.31. The minimum absolute atomic E-state index is 0.0709. The molecule has 0 aromatic carbocycles. The van der Waals surface area contributed by atoms with Crippen molar-refractivity contribution in [3.05, 3.63) is 0 Å². The number of carbonyl (C=O) groups is 2. The highest BCUT2D eigenvalue weighted by atomic mass is 16.4. The lowest BCUT2D eigenvalue weighted by molar-refractivity contribution is -0.143. The molecule has 0 spiro atoms. The Morgan fingerprint density at radius 1 is 1.37 bits per heavy atom. The number of amides is 2. The molecule has 1 fully saturated rings. The van der Waals surface area contributed by atoms with Crippen LogP contribution in [0.25, 0.3) is 0 Å². The average molecular weight is 270 g/mol. The van der Waals surface area contributed by atoms with Crippen molar-refractivity contribution in [2.75, 3.05) is 0 Å². The summed E-state index contributed by atoms with van der Waals surface area (Å²) in [7, 11) is 0. The van der Waals surface area contributed by atoms with Crippen molar-refractivity contribution < 1.29 is 14.7 Å². The lowest BCUT2D eigenvalue weighted by atomic mass is 9.73. The zero-order chi connectivity index (χ0) is 14.7. The fourth-order valence-corrected chi connectivity index (χ4v) is 2.50. The topological polar surface area (TPSA) is 78.4 Å².